The third-order valence-electron chi connectivity index (χ3n) is 3.60. The number of H-pyrrole nitrogens is 1. The van der Waals surface area contributed by atoms with Crippen molar-refractivity contribution in [3.05, 3.63) is 66.5 Å². The summed E-state index contributed by atoms with van der Waals surface area (Å²) in [6, 6.07) is 11.2. The molecular formula is C16H13N7O. The molecule has 0 spiro atoms. The number of hydrogen-bond acceptors (Lipinski definition) is 5. The summed E-state index contributed by atoms with van der Waals surface area (Å²) in [5.41, 5.74) is 2.10. The van der Waals surface area contributed by atoms with Gasteiger partial charge in [-0.3, -0.25) is 9.89 Å². The Hall–Kier alpha value is -3.55. The molecule has 0 saturated heterocycles. The van der Waals surface area contributed by atoms with Crippen molar-refractivity contribution in [1.29, 1.82) is 0 Å². The second-order valence-electron chi connectivity index (χ2n) is 5.17. The maximum atomic E-state index is 12.3. The van der Waals surface area contributed by atoms with E-state index in [4.69, 9.17) is 0 Å². The van der Waals surface area contributed by atoms with Gasteiger partial charge in [0.25, 0.3) is 5.91 Å². The van der Waals surface area contributed by atoms with E-state index < -0.39 is 0 Å². The van der Waals surface area contributed by atoms with Crippen LogP contribution in [0.15, 0.2) is 55.2 Å². The van der Waals surface area contributed by atoms with Gasteiger partial charge in [0.15, 0.2) is 11.5 Å². The van der Waals surface area contributed by atoms with Crippen LogP contribution in [0.25, 0.3) is 16.7 Å². The lowest BCUT2D eigenvalue weighted by molar-refractivity contribution is 0.0947. The molecule has 0 aliphatic carbocycles. The number of para-hydroxylation sites is 1. The minimum absolute atomic E-state index is 0.229. The van der Waals surface area contributed by atoms with E-state index >= 15 is 0 Å². The first kappa shape index (κ1) is 14.1. The molecule has 4 aromatic rings. The third kappa shape index (κ3) is 2.60. The maximum Gasteiger partial charge on any atom is 0.272 e. The highest BCUT2D eigenvalue weighted by Crippen LogP contribution is 2.15. The number of hydrogen-bond donors (Lipinski definition) is 2. The lowest BCUT2D eigenvalue weighted by Crippen LogP contribution is -2.23. The van der Waals surface area contributed by atoms with Gasteiger partial charge in [0, 0.05) is 18.1 Å². The third-order valence-corrected chi connectivity index (χ3v) is 3.60. The summed E-state index contributed by atoms with van der Waals surface area (Å²) < 4.78 is 1.57. The summed E-state index contributed by atoms with van der Waals surface area (Å²) in [5.74, 6) is 0.439. The number of nitrogens with zero attached hydrogens (tertiary/aromatic N) is 5. The number of benzene rings is 1. The van der Waals surface area contributed by atoms with Gasteiger partial charge in [-0.05, 0) is 17.7 Å². The fourth-order valence-corrected chi connectivity index (χ4v) is 2.39. The Labute approximate surface area is 136 Å². The van der Waals surface area contributed by atoms with Gasteiger partial charge in [-0.1, -0.05) is 24.3 Å². The second-order valence-corrected chi connectivity index (χ2v) is 5.17. The Morgan fingerprint density at radius 2 is 2.12 bits per heavy atom. The Morgan fingerprint density at radius 1 is 1.21 bits per heavy atom. The Balaban J connectivity index is 1.45. The molecule has 3 aromatic heterocycles. The standard InChI is InChI=1S/C16H13N7O/c24-16(15-12-3-1-2-4-13(12)21-22-15)19-8-11-5-6-14(18-7-11)23-10-17-9-20-23/h1-7,9-10H,8H2,(H,19,24)(H,21,22). The smallest absolute Gasteiger partial charge is 0.272 e. The number of aromatic nitrogens is 6. The quantitative estimate of drug-likeness (QED) is 0.593. The van der Waals surface area contributed by atoms with Crippen molar-refractivity contribution >= 4 is 16.8 Å². The van der Waals surface area contributed by atoms with Crippen molar-refractivity contribution in [2.45, 2.75) is 6.54 Å². The summed E-state index contributed by atoms with van der Waals surface area (Å²) in [6.07, 6.45) is 4.72. The molecule has 0 fully saturated rings. The lowest BCUT2D eigenvalue weighted by Gasteiger charge is -2.05. The minimum atomic E-state index is -0.229. The zero-order valence-electron chi connectivity index (χ0n) is 12.5. The van der Waals surface area contributed by atoms with Crippen LogP contribution in [0.3, 0.4) is 0 Å². The van der Waals surface area contributed by atoms with Crippen LogP contribution in [0.2, 0.25) is 0 Å². The molecule has 3 heterocycles. The maximum absolute atomic E-state index is 12.3. The van der Waals surface area contributed by atoms with Gasteiger partial charge >= 0.3 is 0 Å². The van der Waals surface area contributed by atoms with Crippen LogP contribution in [0.5, 0.6) is 0 Å². The van der Waals surface area contributed by atoms with Gasteiger partial charge in [0.2, 0.25) is 0 Å². The number of pyridine rings is 1. The van der Waals surface area contributed by atoms with E-state index in [-0.39, 0.29) is 5.91 Å². The molecule has 118 valence electrons. The largest absolute Gasteiger partial charge is 0.346 e. The zero-order valence-corrected chi connectivity index (χ0v) is 12.5. The number of carbonyl (C=O) groups is 1. The highest BCUT2D eigenvalue weighted by molar-refractivity contribution is 6.04. The molecule has 2 N–H and O–H groups in total. The summed E-state index contributed by atoms with van der Waals surface area (Å²) >= 11 is 0. The van der Waals surface area contributed by atoms with Gasteiger partial charge in [0.05, 0.1) is 5.52 Å². The summed E-state index contributed by atoms with van der Waals surface area (Å²) in [7, 11) is 0. The van der Waals surface area contributed by atoms with E-state index in [2.05, 4.69) is 30.6 Å². The number of rotatable bonds is 4. The fraction of sp³-hybridized carbons (Fsp3) is 0.0625. The lowest BCUT2D eigenvalue weighted by atomic mass is 10.2. The van der Waals surface area contributed by atoms with Gasteiger partial charge in [0.1, 0.15) is 12.7 Å². The Morgan fingerprint density at radius 3 is 2.92 bits per heavy atom. The van der Waals surface area contributed by atoms with E-state index in [1.807, 2.05) is 36.4 Å². The van der Waals surface area contributed by atoms with Crippen molar-refractivity contribution in [1.82, 2.24) is 35.3 Å². The predicted octanol–water partition coefficient (Wildman–Crippen LogP) is 1.47. The van der Waals surface area contributed by atoms with Crippen LogP contribution >= 0.6 is 0 Å². The monoisotopic (exact) mass is 319 g/mol. The van der Waals surface area contributed by atoms with E-state index in [0.717, 1.165) is 16.5 Å². The highest BCUT2D eigenvalue weighted by Gasteiger charge is 2.13. The molecule has 8 nitrogen and oxygen atoms in total. The average molecular weight is 319 g/mol. The molecule has 1 aromatic carbocycles. The summed E-state index contributed by atoms with van der Waals surface area (Å²) in [4.78, 5) is 20.5. The van der Waals surface area contributed by atoms with Gasteiger partial charge in [-0.15, -0.1) is 0 Å². The van der Waals surface area contributed by atoms with Crippen LogP contribution in [0, 0.1) is 0 Å². The van der Waals surface area contributed by atoms with Gasteiger partial charge in [-0.25, -0.2) is 14.6 Å². The molecule has 0 aliphatic heterocycles. The van der Waals surface area contributed by atoms with E-state index in [1.165, 1.54) is 6.33 Å². The van der Waals surface area contributed by atoms with Crippen molar-refractivity contribution in [3.8, 4) is 5.82 Å². The molecule has 4 rings (SSSR count). The first-order valence-electron chi connectivity index (χ1n) is 7.32. The first-order chi connectivity index (χ1) is 11.8. The molecule has 0 radical (unpaired) electrons. The minimum Gasteiger partial charge on any atom is -0.346 e. The van der Waals surface area contributed by atoms with E-state index in [1.54, 1.807) is 17.2 Å². The van der Waals surface area contributed by atoms with Crippen molar-refractivity contribution in [2.75, 3.05) is 0 Å². The van der Waals surface area contributed by atoms with Crippen molar-refractivity contribution in [2.24, 2.45) is 0 Å². The van der Waals surface area contributed by atoms with E-state index in [9.17, 15) is 4.79 Å². The Kier molecular flexibility index (Phi) is 3.47. The van der Waals surface area contributed by atoms with Gasteiger partial charge in [-0.2, -0.15) is 10.2 Å². The van der Waals surface area contributed by atoms with Gasteiger partial charge < -0.3 is 5.32 Å². The molecule has 0 atom stereocenters. The topological polar surface area (TPSA) is 101 Å². The summed E-state index contributed by atoms with van der Waals surface area (Å²) in [5, 5.41) is 14.6. The molecule has 0 saturated carbocycles. The molecule has 0 bridgehead atoms. The molecule has 0 aliphatic rings. The van der Waals surface area contributed by atoms with E-state index in [0.29, 0.717) is 18.1 Å². The highest BCUT2D eigenvalue weighted by atomic mass is 16.1. The molecule has 0 unspecified atom stereocenters. The van der Waals surface area contributed by atoms with Crippen LogP contribution in [-0.2, 0) is 6.54 Å². The molecule has 24 heavy (non-hydrogen) atoms. The predicted molar refractivity (Wildman–Crippen MR) is 86.4 cm³/mol. The first-order valence-corrected chi connectivity index (χ1v) is 7.32. The number of carbonyl (C=O) groups excluding carboxylic acids is 1. The number of aromatic amines is 1. The molecule has 1 amide bonds. The normalized spacial score (nSPS) is 10.8. The average Bonchev–Trinajstić information content (AvgIpc) is 3.30. The van der Waals surface area contributed by atoms with Crippen molar-refractivity contribution < 1.29 is 4.79 Å². The number of nitrogens with one attached hydrogen (secondary N) is 2. The van der Waals surface area contributed by atoms with Crippen LogP contribution in [0.1, 0.15) is 16.1 Å². The van der Waals surface area contributed by atoms with Crippen molar-refractivity contribution in [3.63, 3.8) is 0 Å². The Bertz CT molecular complexity index is 973. The molecular weight excluding hydrogens is 306 g/mol. The SMILES string of the molecule is O=C(NCc1ccc(-n2cncn2)nc1)c1n[nH]c2ccccc12. The summed E-state index contributed by atoms with van der Waals surface area (Å²) in [6.45, 7) is 0.366. The zero-order chi connectivity index (χ0) is 16.4. The van der Waals surface area contributed by atoms with Crippen LogP contribution in [0.4, 0.5) is 0 Å². The fourth-order valence-electron chi connectivity index (χ4n) is 2.39. The second kappa shape index (κ2) is 5.92. The molecule has 8 heteroatoms. The number of fused-ring (bicyclic) bond motifs is 1. The van der Waals surface area contributed by atoms with Crippen LogP contribution in [-0.4, -0.2) is 35.9 Å². The number of amides is 1. The van der Waals surface area contributed by atoms with Crippen LogP contribution < -0.4 is 5.32 Å².